The molecule has 1 aromatic heterocycles. The highest BCUT2D eigenvalue weighted by Gasteiger charge is 2.28. The molecule has 2 rings (SSSR count). The first kappa shape index (κ1) is 9.92. The first-order chi connectivity index (χ1) is 7.20. The lowest BCUT2D eigenvalue weighted by Gasteiger charge is -2.12. The highest BCUT2D eigenvalue weighted by molar-refractivity contribution is 6.33. The van der Waals surface area contributed by atoms with Gasteiger partial charge in [-0.15, -0.1) is 0 Å². The molecule has 1 N–H and O–H groups in total. The summed E-state index contributed by atoms with van der Waals surface area (Å²) >= 11 is 5.75. The summed E-state index contributed by atoms with van der Waals surface area (Å²) in [6.45, 7) is 0.839. The van der Waals surface area contributed by atoms with Crippen LogP contribution in [0.5, 0.6) is 0 Å². The van der Waals surface area contributed by atoms with Gasteiger partial charge in [-0.3, -0.25) is 9.69 Å². The lowest BCUT2D eigenvalue weighted by Crippen LogP contribution is -2.34. The van der Waals surface area contributed by atoms with Crippen LogP contribution in [0.1, 0.15) is 10.4 Å². The zero-order valence-corrected chi connectivity index (χ0v) is 8.49. The van der Waals surface area contributed by atoms with Gasteiger partial charge in [-0.2, -0.15) is 0 Å². The van der Waals surface area contributed by atoms with Crippen molar-refractivity contribution in [3.05, 3.63) is 29.0 Å². The van der Waals surface area contributed by atoms with Crippen molar-refractivity contribution in [3.8, 4) is 0 Å². The highest BCUT2D eigenvalue weighted by Crippen LogP contribution is 2.15. The summed E-state index contributed by atoms with van der Waals surface area (Å²) in [5, 5.41) is 2.66. The zero-order valence-electron chi connectivity index (χ0n) is 7.74. The molecule has 1 saturated heterocycles. The van der Waals surface area contributed by atoms with Crippen molar-refractivity contribution in [3.63, 3.8) is 0 Å². The molecule has 78 valence electrons. The van der Waals surface area contributed by atoms with Crippen molar-refractivity contribution in [1.29, 1.82) is 0 Å². The SMILES string of the molecule is O=C1NCCN1C(=O)c1cccnc1Cl. The minimum atomic E-state index is -0.414. The number of urea groups is 1. The number of carbonyl (C=O) groups is 2. The Hall–Kier alpha value is -1.62. The number of imide groups is 1. The molecule has 15 heavy (non-hydrogen) atoms. The van der Waals surface area contributed by atoms with Crippen LogP contribution < -0.4 is 5.32 Å². The third-order valence-corrected chi connectivity index (χ3v) is 2.39. The van der Waals surface area contributed by atoms with E-state index in [9.17, 15) is 9.59 Å². The molecular weight excluding hydrogens is 218 g/mol. The Bertz CT molecular complexity index is 422. The van der Waals surface area contributed by atoms with E-state index in [1.807, 2.05) is 0 Å². The summed E-state index contributed by atoms with van der Waals surface area (Å²) in [6.07, 6.45) is 1.49. The van der Waals surface area contributed by atoms with E-state index in [2.05, 4.69) is 10.3 Å². The number of pyridine rings is 1. The molecule has 0 spiro atoms. The molecule has 1 aliphatic heterocycles. The second-order valence-corrected chi connectivity index (χ2v) is 3.39. The van der Waals surface area contributed by atoms with Crippen molar-refractivity contribution < 1.29 is 9.59 Å². The summed E-state index contributed by atoms with van der Waals surface area (Å²) < 4.78 is 0. The second kappa shape index (κ2) is 3.86. The van der Waals surface area contributed by atoms with Crippen molar-refractivity contribution >= 4 is 23.5 Å². The molecule has 2 heterocycles. The van der Waals surface area contributed by atoms with Crippen LogP contribution in [0.25, 0.3) is 0 Å². The van der Waals surface area contributed by atoms with E-state index in [1.165, 1.54) is 6.20 Å². The maximum absolute atomic E-state index is 11.8. The van der Waals surface area contributed by atoms with Crippen molar-refractivity contribution in [2.24, 2.45) is 0 Å². The third-order valence-electron chi connectivity index (χ3n) is 2.09. The zero-order chi connectivity index (χ0) is 10.8. The van der Waals surface area contributed by atoms with Gasteiger partial charge in [0.15, 0.2) is 0 Å². The largest absolute Gasteiger partial charge is 0.336 e. The van der Waals surface area contributed by atoms with Gasteiger partial charge in [0.25, 0.3) is 5.91 Å². The first-order valence-electron chi connectivity index (χ1n) is 4.40. The molecule has 6 heteroatoms. The average molecular weight is 226 g/mol. The number of nitrogens with zero attached hydrogens (tertiary/aromatic N) is 2. The minimum absolute atomic E-state index is 0.113. The van der Waals surface area contributed by atoms with Gasteiger partial charge in [-0.25, -0.2) is 9.78 Å². The molecule has 0 bridgehead atoms. The number of aromatic nitrogens is 1. The highest BCUT2D eigenvalue weighted by atomic mass is 35.5. The summed E-state index contributed by atoms with van der Waals surface area (Å²) in [5.74, 6) is -0.414. The van der Waals surface area contributed by atoms with Gasteiger partial charge in [-0.05, 0) is 12.1 Å². The van der Waals surface area contributed by atoms with Crippen LogP contribution in [0.15, 0.2) is 18.3 Å². The standard InChI is InChI=1S/C9H8ClN3O2/c10-7-6(2-1-3-11-7)8(14)13-5-4-12-9(13)15/h1-3H,4-5H2,(H,12,15). The Kier molecular flexibility index (Phi) is 2.55. The maximum atomic E-state index is 11.8. The summed E-state index contributed by atoms with van der Waals surface area (Å²) in [5.41, 5.74) is 0.246. The Labute approximate surface area is 91.0 Å². The number of halogens is 1. The molecule has 0 radical (unpaired) electrons. The van der Waals surface area contributed by atoms with E-state index >= 15 is 0 Å². The fourth-order valence-electron chi connectivity index (χ4n) is 1.36. The number of carbonyl (C=O) groups excluding carboxylic acids is 2. The predicted molar refractivity (Wildman–Crippen MR) is 53.7 cm³/mol. The van der Waals surface area contributed by atoms with Crippen molar-refractivity contribution in [1.82, 2.24) is 15.2 Å². The molecule has 5 nitrogen and oxygen atoms in total. The normalized spacial score (nSPS) is 15.3. The molecular formula is C9H8ClN3O2. The summed E-state index contributed by atoms with van der Waals surface area (Å²) in [4.78, 5) is 27.9. The molecule has 1 fully saturated rings. The lowest BCUT2D eigenvalue weighted by molar-refractivity contribution is 0.0829. The van der Waals surface area contributed by atoms with Crippen LogP contribution in [-0.2, 0) is 0 Å². The number of rotatable bonds is 1. The monoisotopic (exact) mass is 225 g/mol. The topological polar surface area (TPSA) is 62.3 Å². The van der Waals surface area contributed by atoms with Gasteiger partial charge in [-0.1, -0.05) is 11.6 Å². The van der Waals surface area contributed by atoms with Crippen LogP contribution >= 0.6 is 11.6 Å². The van der Waals surface area contributed by atoms with Crippen molar-refractivity contribution in [2.45, 2.75) is 0 Å². The Balaban J connectivity index is 2.28. The molecule has 1 aromatic rings. The number of nitrogens with one attached hydrogen (secondary N) is 1. The van der Waals surface area contributed by atoms with Gasteiger partial charge in [0, 0.05) is 19.3 Å². The van der Waals surface area contributed by atoms with E-state index < -0.39 is 5.91 Å². The van der Waals surface area contributed by atoms with Gasteiger partial charge in [0.1, 0.15) is 5.15 Å². The Morgan fingerprint density at radius 1 is 1.60 bits per heavy atom. The van der Waals surface area contributed by atoms with Gasteiger partial charge >= 0.3 is 6.03 Å². The lowest BCUT2D eigenvalue weighted by atomic mass is 10.2. The number of hydrogen-bond donors (Lipinski definition) is 1. The van der Waals surface area contributed by atoms with Gasteiger partial charge < -0.3 is 5.32 Å². The number of hydrogen-bond acceptors (Lipinski definition) is 3. The fraction of sp³-hybridized carbons (Fsp3) is 0.222. The summed E-state index contributed by atoms with van der Waals surface area (Å²) in [7, 11) is 0. The molecule has 0 unspecified atom stereocenters. The Morgan fingerprint density at radius 3 is 3.00 bits per heavy atom. The smallest absolute Gasteiger partial charge is 0.324 e. The van der Waals surface area contributed by atoms with Crippen LogP contribution in [0, 0.1) is 0 Å². The van der Waals surface area contributed by atoms with E-state index in [0.717, 1.165) is 4.90 Å². The van der Waals surface area contributed by atoms with E-state index in [1.54, 1.807) is 12.1 Å². The van der Waals surface area contributed by atoms with Crippen LogP contribution in [0.4, 0.5) is 4.79 Å². The predicted octanol–water partition coefficient (Wildman–Crippen LogP) is 0.900. The van der Waals surface area contributed by atoms with E-state index in [-0.39, 0.29) is 16.7 Å². The average Bonchev–Trinajstić information content (AvgIpc) is 2.64. The van der Waals surface area contributed by atoms with Gasteiger partial charge in [0.05, 0.1) is 5.56 Å². The van der Waals surface area contributed by atoms with E-state index in [0.29, 0.717) is 13.1 Å². The number of amides is 3. The molecule has 0 saturated carbocycles. The van der Waals surface area contributed by atoms with E-state index in [4.69, 9.17) is 11.6 Å². The molecule has 0 atom stereocenters. The first-order valence-corrected chi connectivity index (χ1v) is 4.78. The fourth-order valence-corrected chi connectivity index (χ4v) is 1.56. The quantitative estimate of drug-likeness (QED) is 0.723. The molecule has 3 amide bonds. The second-order valence-electron chi connectivity index (χ2n) is 3.03. The van der Waals surface area contributed by atoms with Crippen LogP contribution in [0.3, 0.4) is 0 Å². The molecule has 1 aliphatic rings. The minimum Gasteiger partial charge on any atom is -0.336 e. The Morgan fingerprint density at radius 2 is 2.40 bits per heavy atom. The molecule has 0 aliphatic carbocycles. The van der Waals surface area contributed by atoms with Crippen LogP contribution in [0.2, 0.25) is 5.15 Å². The van der Waals surface area contributed by atoms with Crippen LogP contribution in [-0.4, -0.2) is 34.9 Å². The third kappa shape index (κ3) is 1.78. The maximum Gasteiger partial charge on any atom is 0.324 e. The van der Waals surface area contributed by atoms with Crippen molar-refractivity contribution in [2.75, 3.05) is 13.1 Å². The van der Waals surface area contributed by atoms with Gasteiger partial charge in [0.2, 0.25) is 0 Å². The molecule has 0 aromatic carbocycles. The summed E-state index contributed by atoms with van der Waals surface area (Å²) in [6, 6.07) is 2.76.